The summed E-state index contributed by atoms with van der Waals surface area (Å²) in [6, 6.07) is 8.40. The van der Waals surface area contributed by atoms with Crippen LogP contribution in [-0.4, -0.2) is 36.7 Å². The topological polar surface area (TPSA) is 108 Å². The summed E-state index contributed by atoms with van der Waals surface area (Å²) >= 11 is 0. The summed E-state index contributed by atoms with van der Waals surface area (Å²) in [6.07, 6.45) is 18.2. The Morgan fingerprint density at radius 1 is 0.919 bits per heavy atom. The van der Waals surface area contributed by atoms with E-state index in [1.807, 2.05) is 37.1 Å². The maximum Gasteiger partial charge on any atom is 0.181 e. The summed E-state index contributed by atoms with van der Waals surface area (Å²) in [5.74, 6) is 0.818. The highest BCUT2D eigenvalue weighted by molar-refractivity contribution is 6.00. The van der Waals surface area contributed by atoms with Gasteiger partial charge < -0.3 is 14.7 Å². The largest absolute Gasteiger partial charge is 0.472 e. The molecule has 184 valence electrons. The number of rotatable bonds is 7. The minimum absolute atomic E-state index is 0.674. The second-order valence-electron chi connectivity index (χ2n) is 9.90. The summed E-state index contributed by atoms with van der Waals surface area (Å²) in [7, 11) is 0. The van der Waals surface area contributed by atoms with Gasteiger partial charge in [-0.15, -0.1) is 0 Å². The number of nitrogens with zero attached hydrogens (tertiary/aromatic N) is 4. The van der Waals surface area contributed by atoms with Gasteiger partial charge in [-0.25, -0.2) is 4.98 Å². The first-order chi connectivity index (χ1) is 18.3. The van der Waals surface area contributed by atoms with Crippen LogP contribution in [0.15, 0.2) is 72.2 Å². The fraction of sp³-hybridized carbons (Fsp3) is 0.241. The van der Waals surface area contributed by atoms with Gasteiger partial charge >= 0.3 is 0 Å². The van der Waals surface area contributed by atoms with Gasteiger partial charge in [-0.05, 0) is 55.1 Å². The fourth-order valence-corrected chi connectivity index (χ4v) is 5.47. The van der Waals surface area contributed by atoms with Crippen LogP contribution >= 0.6 is 0 Å². The van der Waals surface area contributed by atoms with Crippen LogP contribution in [0.2, 0.25) is 0 Å². The molecular weight excluding hydrogens is 462 g/mol. The molecule has 0 bridgehead atoms. The summed E-state index contributed by atoms with van der Waals surface area (Å²) < 4.78 is 5.29. The van der Waals surface area contributed by atoms with Crippen LogP contribution in [0.1, 0.15) is 31.2 Å². The zero-order valence-electron chi connectivity index (χ0n) is 20.4. The zero-order chi connectivity index (χ0) is 24.6. The van der Waals surface area contributed by atoms with Crippen LogP contribution in [0.5, 0.6) is 0 Å². The van der Waals surface area contributed by atoms with E-state index in [1.165, 1.54) is 31.2 Å². The molecule has 1 aliphatic rings. The average molecular weight is 490 g/mol. The average Bonchev–Trinajstić information content (AvgIpc) is 3.74. The van der Waals surface area contributed by atoms with E-state index < -0.39 is 0 Å². The van der Waals surface area contributed by atoms with Crippen molar-refractivity contribution in [2.24, 2.45) is 5.92 Å². The number of furan rings is 1. The third-order valence-electron chi connectivity index (χ3n) is 7.42. The molecule has 8 nitrogen and oxygen atoms in total. The van der Waals surface area contributed by atoms with Gasteiger partial charge in [0.15, 0.2) is 5.65 Å². The SMILES string of the molecule is c1cc(-c2cncc3[nH]c(-c4[nH]nc5ncc(-c6cncc(CNCC7CCCC7)c6)cc45)cc23)co1. The molecule has 37 heavy (non-hydrogen) atoms. The van der Waals surface area contributed by atoms with Gasteiger partial charge in [0.1, 0.15) is 0 Å². The van der Waals surface area contributed by atoms with Crippen molar-refractivity contribution >= 4 is 21.9 Å². The molecule has 0 atom stereocenters. The van der Waals surface area contributed by atoms with Gasteiger partial charge in [0.25, 0.3) is 0 Å². The van der Waals surface area contributed by atoms with Crippen LogP contribution in [0.3, 0.4) is 0 Å². The molecule has 0 aliphatic heterocycles. The van der Waals surface area contributed by atoms with Crippen LogP contribution in [0.4, 0.5) is 0 Å². The number of hydrogen-bond donors (Lipinski definition) is 3. The summed E-state index contributed by atoms with van der Waals surface area (Å²) in [5, 5.41) is 13.3. The van der Waals surface area contributed by atoms with Crippen molar-refractivity contribution in [3.05, 3.63) is 73.3 Å². The number of aromatic nitrogens is 6. The van der Waals surface area contributed by atoms with E-state index in [4.69, 9.17) is 4.42 Å². The van der Waals surface area contributed by atoms with E-state index in [2.05, 4.69) is 53.6 Å². The molecule has 1 aliphatic carbocycles. The highest BCUT2D eigenvalue weighted by Gasteiger charge is 2.16. The first-order valence-corrected chi connectivity index (χ1v) is 12.8. The van der Waals surface area contributed by atoms with Gasteiger partial charge in [0.05, 0.1) is 35.6 Å². The van der Waals surface area contributed by atoms with E-state index in [1.54, 1.807) is 12.5 Å². The van der Waals surface area contributed by atoms with Gasteiger partial charge in [0.2, 0.25) is 0 Å². The van der Waals surface area contributed by atoms with Crippen LogP contribution in [-0.2, 0) is 6.54 Å². The fourth-order valence-electron chi connectivity index (χ4n) is 5.47. The molecule has 7 rings (SSSR count). The molecule has 6 heterocycles. The maximum atomic E-state index is 5.29. The lowest BCUT2D eigenvalue weighted by Crippen LogP contribution is -2.20. The molecule has 0 unspecified atom stereocenters. The van der Waals surface area contributed by atoms with Crippen molar-refractivity contribution in [1.82, 2.24) is 35.5 Å². The Morgan fingerprint density at radius 3 is 2.70 bits per heavy atom. The Balaban J connectivity index is 1.20. The van der Waals surface area contributed by atoms with Crippen molar-refractivity contribution in [3.63, 3.8) is 0 Å². The molecule has 0 saturated heterocycles. The predicted octanol–water partition coefficient (Wildman–Crippen LogP) is 6.10. The summed E-state index contributed by atoms with van der Waals surface area (Å²) in [5.41, 5.74) is 8.68. The van der Waals surface area contributed by atoms with Gasteiger partial charge in [0, 0.05) is 64.4 Å². The molecule has 8 heteroatoms. The minimum Gasteiger partial charge on any atom is -0.472 e. The third kappa shape index (κ3) is 4.19. The Labute approximate surface area is 213 Å². The summed E-state index contributed by atoms with van der Waals surface area (Å²) in [4.78, 5) is 17.0. The number of pyridine rings is 3. The number of aromatic amines is 2. The van der Waals surface area contributed by atoms with E-state index in [9.17, 15) is 0 Å². The zero-order valence-corrected chi connectivity index (χ0v) is 20.4. The van der Waals surface area contributed by atoms with E-state index in [-0.39, 0.29) is 0 Å². The maximum absolute atomic E-state index is 5.29. The van der Waals surface area contributed by atoms with Crippen LogP contribution in [0.25, 0.3) is 55.6 Å². The number of hydrogen-bond acceptors (Lipinski definition) is 6. The van der Waals surface area contributed by atoms with Crippen molar-refractivity contribution in [2.75, 3.05) is 6.54 Å². The first-order valence-electron chi connectivity index (χ1n) is 12.8. The lowest BCUT2D eigenvalue weighted by molar-refractivity contribution is 0.489. The summed E-state index contributed by atoms with van der Waals surface area (Å²) in [6.45, 7) is 1.91. The minimum atomic E-state index is 0.674. The number of fused-ring (bicyclic) bond motifs is 2. The molecule has 6 aromatic heterocycles. The van der Waals surface area contributed by atoms with E-state index in [0.717, 1.165) is 68.9 Å². The third-order valence-corrected chi connectivity index (χ3v) is 7.42. The van der Waals surface area contributed by atoms with Crippen molar-refractivity contribution in [2.45, 2.75) is 32.2 Å². The van der Waals surface area contributed by atoms with Gasteiger partial charge in [-0.2, -0.15) is 5.10 Å². The highest BCUT2D eigenvalue weighted by Crippen LogP contribution is 2.34. The predicted molar refractivity (Wildman–Crippen MR) is 144 cm³/mol. The number of H-pyrrole nitrogens is 2. The smallest absolute Gasteiger partial charge is 0.181 e. The van der Waals surface area contributed by atoms with Gasteiger partial charge in [-0.3, -0.25) is 15.1 Å². The standard InChI is InChI=1S/C29H27N7O/c1-2-4-18(3-1)10-30-11-19-7-21(13-31-12-19)22-8-24-28(35-36-29(24)33-14-22)26-9-23-25(20-5-6-37-17-20)15-32-16-27(23)34-26/h5-9,12-18,30,34H,1-4,10-11H2,(H,33,35,36). The molecule has 0 spiro atoms. The second-order valence-corrected chi connectivity index (χ2v) is 9.90. The Kier molecular flexibility index (Phi) is 5.51. The van der Waals surface area contributed by atoms with Crippen LogP contribution in [0, 0.1) is 5.92 Å². The Hall–Kier alpha value is -4.30. The molecule has 0 amide bonds. The monoisotopic (exact) mass is 489 g/mol. The highest BCUT2D eigenvalue weighted by atomic mass is 16.3. The van der Waals surface area contributed by atoms with E-state index >= 15 is 0 Å². The first kappa shape index (κ1) is 21.9. The van der Waals surface area contributed by atoms with Crippen molar-refractivity contribution in [3.8, 4) is 33.6 Å². The molecule has 0 radical (unpaired) electrons. The molecule has 3 N–H and O–H groups in total. The number of nitrogens with one attached hydrogen (secondary N) is 3. The lowest BCUT2D eigenvalue weighted by atomic mass is 10.0. The quantitative estimate of drug-likeness (QED) is 0.250. The van der Waals surface area contributed by atoms with Gasteiger partial charge in [-0.1, -0.05) is 12.8 Å². The Bertz CT molecular complexity index is 1680. The molecule has 6 aromatic rings. The van der Waals surface area contributed by atoms with E-state index in [0.29, 0.717) is 5.65 Å². The lowest BCUT2D eigenvalue weighted by Gasteiger charge is -2.11. The Morgan fingerprint density at radius 2 is 1.81 bits per heavy atom. The van der Waals surface area contributed by atoms with Crippen LogP contribution < -0.4 is 5.32 Å². The second kappa shape index (κ2) is 9.29. The van der Waals surface area contributed by atoms with Crippen molar-refractivity contribution in [1.29, 1.82) is 0 Å². The van der Waals surface area contributed by atoms with Crippen molar-refractivity contribution < 1.29 is 4.42 Å². The molecule has 1 saturated carbocycles. The molecule has 0 aromatic carbocycles. The molecule has 1 fully saturated rings. The molecular formula is C29H27N7O. The normalized spacial score (nSPS) is 14.3.